The van der Waals surface area contributed by atoms with Crippen molar-refractivity contribution >= 4 is 23.5 Å². The van der Waals surface area contributed by atoms with Gasteiger partial charge in [0, 0.05) is 23.2 Å². The molecule has 0 saturated carbocycles. The van der Waals surface area contributed by atoms with Crippen molar-refractivity contribution in [1.29, 1.82) is 10.5 Å². The van der Waals surface area contributed by atoms with Gasteiger partial charge in [-0.05, 0) is 42.3 Å². The zero-order valence-corrected chi connectivity index (χ0v) is 18.9. The minimum Gasteiger partial charge on any atom is -0.491 e. The van der Waals surface area contributed by atoms with Gasteiger partial charge in [-0.1, -0.05) is 17.7 Å². The molecule has 2 heterocycles. The molecule has 2 aromatic rings. The summed E-state index contributed by atoms with van der Waals surface area (Å²) in [7, 11) is 0. The number of halogens is 1. The Kier molecular flexibility index (Phi) is 6.99. The van der Waals surface area contributed by atoms with Crippen LogP contribution < -0.4 is 15.4 Å². The second-order valence-electron chi connectivity index (χ2n) is 8.17. The standard InChI is InChI=1S/C24H22ClN5O4/c25-16-3-4-22(18(8-16)14-1-2-15(10-26)19(7-14)24(32)33)34-6-5-30-13-29-21-12-28-17(11-27)9-20(21)23(30)31/h1-4,7-8,17,20-21,28-29H,5-6,9,12-13H2,(H,32,33). The number of hydrogen-bond donors (Lipinski definition) is 3. The molecule has 2 saturated heterocycles. The average Bonchev–Trinajstić information content (AvgIpc) is 2.85. The number of aromatic carboxylic acids is 1. The number of carboxylic acid groups (broad SMARTS) is 1. The van der Waals surface area contributed by atoms with Crippen LogP contribution in [0.25, 0.3) is 11.1 Å². The van der Waals surface area contributed by atoms with Gasteiger partial charge in [0.1, 0.15) is 18.4 Å². The highest BCUT2D eigenvalue weighted by Gasteiger charge is 2.40. The molecule has 10 heteroatoms. The molecule has 2 aliphatic rings. The Hall–Kier alpha value is -3.63. The second-order valence-corrected chi connectivity index (χ2v) is 8.61. The van der Waals surface area contributed by atoms with Gasteiger partial charge in [-0.15, -0.1) is 0 Å². The molecule has 0 bridgehead atoms. The molecule has 9 nitrogen and oxygen atoms in total. The summed E-state index contributed by atoms with van der Waals surface area (Å²) < 4.78 is 5.98. The first-order valence-corrected chi connectivity index (χ1v) is 11.1. The maximum atomic E-state index is 13.0. The van der Waals surface area contributed by atoms with E-state index in [2.05, 4.69) is 16.7 Å². The van der Waals surface area contributed by atoms with E-state index in [4.69, 9.17) is 16.3 Å². The summed E-state index contributed by atoms with van der Waals surface area (Å²) in [6.07, 6.45) is 0.469. The monoisotopic (exact) mass is 479 g/mol. The van der Waals surface area contributed by atoms with Gasteiger partial charge in [-0.2, -0.15) is 10.5 Å². The zero-order chi connectivity index (χ0) is 24.2. The van der Waals surface area contributed by atoms with Gasteiger partial charge in [0.05, 0.1) is 42.4 Å². The number of carbonyl (C=O) groups excluding carboxylic acids is 1. The summed E-state index contributed by atoms with van der Waals surface area (Å²) in [5.41, 5.74) is 1.08. The van der Waals surface area contributed by atoms with Crippen molar-refractivity contribution in [2.45, 2.75) is 18.5 Å². The molecule has 0 aromatic heterocycles. The SMILES string of the molecule is N#Cc1ccc(-c2cc(Cl)ccc2OCCN2CNC3CNC(C#N)CC3C2=O)cc1C(=O)O. The number of fused-ring (bicyclic) bond motifs is 1. The summed E-state index contributed by atoms with van der Waals surface area (Å²) in [6.45, 7) is 1.53. The van der Waals surface area contributed by atoms with Gasteiger partial charge in [-0.3, -0.25) is 10.1 Å². The Morgan fingerprint density at radius 3 is 2.79 bits per heavy atom. The molecule has 2 aromatic carbocycles. The van der Waals surface area contributed by atoms with Crippen LogP contribution in [0.4, 0.5) is 0 Å². The normalized spacial score (nSPS) is 21.8. The van der Waals surface area contributed by atoms with Crippen molar-refractivity contribution in [2.75, 3.05) is 26.4 Å². The first kappa shape index (κ1) is 23.5. The van der Waals surface area contributed by atoms with Crippen molar-refractivity contribution < 1.29 is 19.4 Å². The number of hydrogen-bond acceptors (Lipinski definition) is 7. The number of nitrogens with zero attached hydrogens (tertiary/aromatic N) is 3. The number of nitrogens with one attached hydrogen (secondary N) is 2. The largest absolute Gasteiger partial charge is 0.491 e. The smallest absolute Gasteiger partial charge is 0.337 e. The fraction of sp³-hybridized carbons (Fsp3) is 0.333. The fourth-order valence-corrected chi connectivity index (χ4v) is 4.51. The van der Waals surface area contributed by atoms with E-state index in [1.165, 1.54) is 12.1 Å². The molecule has 0 spiro atoms. The van der Waals surface area contributed by atoms with Gasteiger partial charge < -0.3 is 20.1 Å². The minimum absolute atomic E-state index is 0.00335. The van der Waals surface area contributed by atoms with Crippen molar-refractivity contribution in [3.05, 3.63) is 52.5 Å². The number of nitriles is 2. The number of ether oxygens (including phenoxy) is 1. The highest BCUT2D eigenvalue weighted by atomic mass is 35.5. The molecule has 0 aliphatic carbocycles. The Balaban J connectivity index is 1.47. The van der Waals surface area contributed by atoms with Gasteiger partial charge in [0.25, 0.3) is 0 Å². The third-order valence-electron chi connectivity index (χ3n) is 6.13. The predicted octanol–water partition coefficient (Wildman–Crippen LogP) is 2.22. The second kappa shape index (κ2) is 10.1. The number of carboxylic acids is 1. The fourth-order valence-electron chi connectivity index (χ4n) is 4.33. The van der Waals surface area contributed by atoms with Crippen LogP contribution in [-0.4, -0.2) is 60.3 Å². The number of carbonyl (C=O) groups is 2. The molecule has 34 heavy (non-hydrogen) atoms. The van der Waals surface area contributed by atoms with Crippen LogP contribution in [0.2, 0.25) is 5.02 Å². The molecular weight excluding hydrogens is 458 g/mol. The first-order valence-electron chi connectivity index (χ1n) is 10.8. The maximum absolute atomic E-state index is 13.0. The Morgan fingerprint density at radius 1 is 1.24 bits per heavy atom. The third kappa shape index (κ3) is 4.82. The quantitative estimate of drug-likeness (QED) is 0.573. The van der Waals surface area contributed by atoms with E-state index < -0.39 is 5.97 Å². The van der Waals surface area contributed by atoms with Crippen LogP contribution in [0.1, 0.15) is 22.3 Å². The molecule has 1 amide bonds. The van der Waals surface area contributed by atoms with Crippen LogP contribution in [0.5, 0.6) is 5.75 Å². The van der Waals surface area contributed by atoms with Crippen LogP contribution in [0.15, 0.2) is 36.4 Å². The molecule has 2 aliphatic heterocycles. The summed E-state index contributed by atoms with van der Waals surface area (Å²) in [5.74, 6) is -0.969. The van der Waals surface area contributed by atoms with Gasteiger partial charge in [-0.25, -0.2) is 4.79 Å². The average molecular weight is 480 g/mol. The number of benzene rings is 2. The summed E-state index contributed by atoms with van der Waals surface area (Å²) >= 11 is 6.18. The van der Waals surface area contributed by atoms with Crippen LogP contribution in [0.3, 0.4) is 0 Å². The van der Waals surface area contributed by atoms with E-state index in [-0.39, 0.29) is 41.6 Å². The van der Waals surface area contributed by atoms with Crippen molar-refractivity contribution in [2.24, 2.45) is 5.92 Å². The van der Waals surface area contributed by atoms with Crippen LogP contribution in [-0.2, 0) is 4.79 Å². The first-order chi connectivity index (χ1) is 16.4. The summed E-state index contributed by atoms with van der Waals surface area (Å²) in [5, 5.41) is 34.7. The van der Waals surface area contributed by atoms with Crippen molar-refractivity contribution in [3.63, 3.8) is 0 Å². The van der Waals surface area contributed by atoms with Crippen molar-refractivity contribution in [1.82, 2.24) is 15.5 Å². The summed E-state index contributed by atoms with van der Waals surface area (Å²) in [4.78, 5) is 26.2. The van der Waals surface area contributed by atoms with Crippen LogP contribution in [0, 0.1) is 28.6 Å². The van der Waals surface area contributed by atoms with E-state index in [0.717, 1.165) is 0 Å². The Bertz CT molecular complexity index is 1200. The van der Waals surface area contributed by atoms with Gasteiger partial charge in [0.15, 0.2) is 0 Å². The molecule has 2 fully saturated rings. The highest BCUT2D eigenvalue weighted by Crippen LogP contribution is 2.34. The Labute approximate surface area is 201 Å². The zero-order valence-electron chi connectivity index (χ0n) is 18.1. The predicted molar refractivity (Wildman–Crippen MR) is 123 cm³/mol. The maximum Gasteiger partial charge on any atom is 0.337 e. The summed E-state index contributed by atoms with van der Waals surface area (Å²) in [6, 6.07) is 13.3. The van der Waals surface area contributed by atoms with Crippen LogP contribution >= 0.6 is 11.6 Å². The molecule has 3 atom stereocenters. The number of rotatable bonds is 6. The number of piperidine rings is 1. The molecule has 0 radical (unpaired) electrons. The lowest BCUT2D eigenvalue weighted by atomic mass is 9.86. The molecule has 174 valence electrons. The van der Waals surface area contributed by atoms with Gasteiger partial charge in [0.2, 0.25) is 5.91 Å². The lowest BCUT2D eigenvalue weighted by Crippen LogP contribution is -2.64. The molecule has 4 rings (SSSR count). The third-order valence-corrected chi connectivity index (χ3v) is 6.37. The Morgan fingerprint density at radius 2 is 2.06 bits per heavy atom. The molecule has 3 unspecified atom stereocenters. The van der Waals surface area contributed by atoms with E-state index >= 15 is 0 Å². The lowest BCUT2D eigenvalue weighted by Gasteiger charge is -2.42. The van der Waals surface area contributed by atoms with Gasteiger partial charge >= 0.3 is 5.97 Å². The number of amides is 1. The topological polar surface area (TPSA) is 138 Å². The molecule has 3 N–H and O–H groups in total. The molecular formula is C24H22ClN5O4. The van der Waals surface area contributed by atoms with Crippen molar-refractivity contribution in [3.8, 4) is 29.0 Å². The van der Waals surface area contributed by atoms with E-state index in [9.17, 15) is 25.2 Å². The van der Waals surface area contributed by atoms with E-state index in [1.807, 2.05) is 6.07 Å². The lowest BCUT2D eigenvalue weighted by molar-refractivity contribution is -0.142. The highest BCUT2D eigenvalue weighted by molar-refractivity contribution is 6.31. The van der Waals surface area contributed by atoms with E-state index in [0.29, 0.717) is 48.1 Å². The van der Waals surface area contributed by atoms with E-state index in [1.54, 1.807) is 29.2 Å². The minimum atomic E-state index is -1.20.